The number of halogens is 3. The number of hydrogen-bond donors (Lipinski definition) is 0. The summed E-state index contributed by atoms with van der Waals surface area (Å²) in [6, 6.07) is 8.12. The van der Waals surface area contributed by atoms with Crippen LogP contribution in [0.3, 0.4) is 0 Å². The van der Waals surface area contributed by atoms with E-state index >= 15 is 0 Å². The zero-order valence-corrected chi connectivity index (χ0v) is 12.7. The van der Waals surface area contributed by atoms with E-state index in [0.717, 1.165) is 12.1 Å². The Labute approximate surface area is 135 Å². The van der Waals surface area contributed by atoms with Crippen LogP contribution < -0.4 is 5.06 Å². The van der Waals surface area contributed by atoms with Gasteiger partial charge in [0, 0.05) is 6.20 Å². The fourth-order valence-corrected chi connectivity index (χ4v) is 2.12. The summed E-state index contributed by atoms with van der Waals surface area (Å²) in [5.41, 5.74) is 0.892. The van der Waals surface area contributed by atoms with Gasteiger partial charge in [0.05, 0.1) is 29.6 Å². The Kier molecular flexibility index (Phi) is 4.30. The van der Waals surface area contributed by atoms with Crippen LogP contribution in [0.2, 0.25) is 0 Å². The zero-order valence-electron chi connectivity index (χ0n) is 12.7. The first-order valence-corrected chi connectivity index (χ1v) is 7.17. The minimum atomic E-state index is -4.39. The summed E-state index contributed by atoms with van der Waals surface area (Å²) in [7, 11) is 0. The number of alkyl halides is 3. The molecule has 0 aliphatic heterocycles. The van der Waals surface area contributed by atoms with Gasteiger partial charge in [0.25, 0.3) is 5.95 Å². The van der Waals surface area contributed by atoms with Crippen molar-refractivity contribution in [3.8, 4) is 0 Å². The third-order valence-corrected chi connectivity index (χ3v) is 3.21. The first-order chi connectivity index (χ1) is 11.5. The van der Waals surface area contributed by atoms with Gasteiger partial charge in [-0.05, 0) is 43.3 Å². The summed E-state index contributed by atoms with van der Waals surface area (Å²) in [5, 5.41) is 1.30. The number of rotatable bonds is 4. The molecule has 0 fully saturated rings. The summed E-state index contributed by atoms with van der Waals surface area (Å²) in [4.78, 5) is 18.2. The van der Waals surface area contributed by atoms with Gasteiger partial charge in [-0.15, -0.1) is 0 Å². The molecular weight excluding hydrogens is 321 g/mol. The molecule has 0 amide bonds. The second-order valence-electron chi connectivity index (χ2n) is 4.83. The van der Waals surface area contributed by atoms with Crippen molar-refractivity contribution in [3.05, 3.63) is 54.4 Å². The highest BCUT2D eigenvalue weighted by atomic mass is 19.4. The standard InChI is InChI=1S/C16H13F3N4O/c1-2-24-23(12-7-5-11(6-8-12)16(17,18)19)15-21-10-14-13(22-15)4-3-9-20-14/h3-10H,2H2,1H3. The number of nitrogens with zero attached hydrogens (tertiary/aromatic N) is 4. The summed E-state index contributed by atoms with van der Waals surface area (Å²) >= 11 is 0. The van der Waals surface area contributed by atoms with E-state index in [1.165, 1.54) is 23.4 Å². The van der Waals surface area contributed by atoms with Gasteiger partial charge in [0.2, 0.25) is 0 Å². The Hall–Kier alpha value is -2.74. The number of pyridine rings is 1. The minimum absolute atomic E-state index is 0.220. The van der Waals surface area contributed by atoms with Crippen LogP contribution in [0.5, 0.6) is 0 Å². The fraction of sp³-hybridized carbons (Fsp3) is 0.188. The average Bonchev–Trinajstić information content (AvgIpc) is 2.59. The Morgan fingerprint density at radius 3 is 2.46 bits per heavy atom. The molecular formula is C16H13F3N4O. The molecule has 0 saturated heterocycles. The summed E-state index contributed by atoms with van der Waals surface area (Å²) in [6.07, 6.45) is -1.23. The van der Waals surface area contributed by atoms with Crippen LogP contribution >= 0.6 is 0 Å². The monoisotopic (exact) mass is 334 g/mol. The van der Waals surface area contributed by atoms with E-state index < -0.39 is 11.7 Å². The maximum Gasteiger partial charge on any atom is 0.416 e. The molecule has 8 heteroatoms. The molecule has 0 aliphatic rings. The Morgan fingerprint density at radius 2 is 1.79 bits per heavy atom. The molecule has 3 aromatic rings. The van der Waals surface area contributed by atoms with Gasteiger partial charge in [0.1, 0.15) is 5.52 Å². The normalized spacial score (nSPS) is 11.7. The highest BCUT2D eigenvalue weighted by molar-refractivity contribution is 5.74. The van der Waals surface area contributed by atoms with Crippen LogP contribution in [0.15, 0.2) is 48.8 Å². The van der Waals surface area contributed by atoms with Crippen molar-refractivity contribution < 1.29 is 18.0 Å². The number of aromatic nitrogens is 3. The van der Waals surface area contributed by atoms with E-state index in [1.54, 1.807) is 25.3 Å². The van der Waals surface area contributed by atoms with E-state index in [9.17, 15) is 13.2 Å². The van der Waals surface area contributed by atoms with Crippen molar-refractivity contribution in [1.82, 2.24) is 15.0 Å². The number of hydrogen-bond acceptors (Lipinski definition) is 5. The lowest BCUT2D eigenvalue weighted by atomic mass is 10.2. The van der Waals surface area contributed by atoms with E-state index in [2.05, 4.69) is 15.0 Å². The maximum atomic E-state index is 12.7. The largest absolute Gasteiger partial charge is 0.416 e. The minimum Gasteiger partial charge on any atom is -0.266 e. The molecule has 2 aromatic heterocycles. The summed E-state index contributed by atoms with van der Waals surface area (Å²) in [5.74, 6) is 0.220. The van der Waals surface area contributed by atoms with Gasteiger partial charge in [-0.2, -0.15) is 18.2 Å². The lowest BCUT2D eigenvalue weighted by Crippen LogP contribution is -2.20. The molecule has 0 aliphatic carbocycles. The molecule has 24 heavy (non-hydrogen) atoms. The van der Waals surface area contributed by atoms with Crippen molar-refractivity contribution in [3.63, 3.8) is 0 Å². The van der Waals surface area contributed by atoms with Gasteiger partial charge in [-0.3, -0.25) is 9.82 Å². The van der Waals surface area contributed by atoms with Gasteiger partial charge < -0.3 is 0 Å². The molecule has 5 nitrogen and oxygen atoms in total. The second-order valence-corrected chi connectivity index (χ2v) is 4.83. The predicted molar refractivity (Wildman–Crippen MR) is 82.5 cm³/mol. The number of anilines is 2. The van der Waals surface area contributed by atoms with Crippen LogP contribution in [0.25, 0.3) is 11.0 Å². The molecule has 0 N–H and O–H groups in total. The number of benzene rings is 1. The number of fused-ring (bicyclic) bond motifs is 1. The molecule has 0 radical (unpaired) electrons. The van der Waals surface area contributed by atoms with Crippen LogP contribution in [-0.4, -0.2) is 21.6 Å². The summed E-state index contributed by atoms with van der Waals surface area (Å²) in [6.45, 7) is 2.06. The third-order valence-electron chi connectivity index (χ3n) is 3.21. The molecule has 0 bridgehead atoms. The third kappa shape index (κ3) is 3.28. The van der Waals surface area contributed by atoms with Crippen molar-refractivity contribution in [2.75, 3.05) is 11.7 Å². The van der Waals surface area contributed by atoms with Crippen LogP contribution in [0.1, 0.15) is 12.5 Å². The van der Waals surface area contributed by atoms with E-state index in [0.29, 0.717) is 23.3 Å². The molecule has 3 rings (SSSR count). The maximum absolute atomic E-state index is 12.7. The van der Waals surface area contributed by atoms with Crippen LogP contribution in [0.4, 0.5) is 24.8 Å². The smallest absolute Gasteiger partial charge is 0.266 e. The summed E-state index contributed by atoms with van der Waals surface area (Å²) < 4.78 is 38.1. The Balaban J connectivity index is 1.99. The molecule has 1 aromatic carbocycles. The first kappa shape index (κ1) is 16.1. The van der Waals surface area contributed by atoms with Crippen molar-refractivity contribution in [2.24, 2.45) is 0 Å². The van der Waals surface area contributed by atoms with Crippen molar-refractivity contribution >= 4 is 22.7 Å². The topological polar surface area (TPSA) is 51.1 Å². The van der Waals surface area contributed by atoms with E-state index in [4.69, 9.17) is 4.84 Å². The van der Waals surface area contributed by atoms with Gasteiger partial charge >= 0.3 is 6.18 Å². The lowest BCUT2D eigenvalue weighted by Gasteiger charge is -2.21. The molecule has 2 heterocycles. The molecule has 0 saturated carbocycles. The van der Waals surface area contributed by atoms with Crippen LogP contribution in [-0.2, 0) is 11.0 Å². The fourth-order valence-electron chi connectivity index (χ4n) is 2.12. The van der Waals surface area contributed by atoms with Gasteiger partial charge in [0.15, 0.2) is 0 Å². The Bertz CT molecular complexity index is 837. The second kappa shape index (κ2) is 6.40. The van der Waals surface area contributed by atoms with Crippen molar-refractivity contribution in [2.45, 2.75) is 13.1 Å². The van der Waals surface area contributed by atoms with E-state index in [-0.39, 0.29) is 5.95 Å². The zero-order chi connectivity index (χ0) is 17.2. The molecule has 0 spiro atoms. The average molecular weight is 334 g/mol. The molecule has 0 atom stereocenters. The SMILES string of the molecule is CCON(c1ccc(C(F)(F)F)cc1)c1ncc2ncccc2n1. The predicted octanol–water partition coefficient (Wildman–Crippen LogP) is 4.13. The van der Waals surface area contributed by atoms with Crippen molar-refractivity contribution in [1.29, 1.82) is 0 Å². The van der Waals surface area contributed by atoms with Crippen LogP contribution in [0, 0.1) is 0 Å². The molecule has 0 unspecified atom stereocenters. The van der Waals surface area contributed by atoms with Gasteiger partial charge in [-0.1, -0.05) is 0 Å². The first-order valence-electron chi connectivity index (χ1n) is 7.17. The quantitative estimate of drug-likeness (QED) is 0.671. The van der Waals surface area contributed by atoms with Gasteiger partial charge in [-0.25, -0.2) is 9.97 Å². The van der Waals surface area contributed by atoms with E-state index in [1.807, 2.05) is 0 Å². The highest BCUT2D eigenvalue weighted by Crippen LogP contribution is 2.32. The molecule has 124 valence electrons. The highest BCUT2D eigenvalue weighted by Gasteiger charge is 2.30. The lowest BCUT2D eigenvalue weighted by molar-refractivity contribution is -0.137. The Morgan fingerprint density at radius 1 is 1.04 bits per heavy atom.